The van der Waals surface area contributed by atoms with Crippen LogP contribution in [0.15, 0.2) is 24.3 Å². The highest BCUT2D eigenvalue weighted by Gasteiger charge is 2.19. The zero-order valence-corrected chi connectivity index (χ0v) is 14.0. The molecular formula is C20H33N. The van der Waals surface area contributed by atoms with Gasteiger partial charge in [-0.3, -0.25) is 0 Å². The molecular weight excluding hydrogens is 254 g/mol. The van der Waals surface area contributed by atoms with Gasteiger partial charge >= 0.3 is 0 Å². The Labute approximate surface area is 131 Å². The molecule has 1 saturated carbocycles. The van der Waals surface area contributed by atoms with Crippen LogP contribution in [0.25, 0.3) is 0 Å². The number of nitrogens with one attached hydrogen (secondary N) is 1. The summed E-state index contributed by atoms with van der Waals surface area (Å²) in [6.07, 6.45) is 12.3. The van der Waals surface area contributed by atoms with Gasteiger partial charge in [0.05, 0.1) is 0 Å². The van der Waals surface area contributed by atoms with E-state index in [1.165, 1.54) is 63.4 Å². The quantitative estimate of drug-likeness (QED) is 0.523. The Kier molecular flexibility index (Phi) is 7.29. The number of hydrogen-bond acceptors (Lipinski definition) is 1. The molecule has 0 amide bonds. The van der Waals surface area contributed by atoms with Crippen LogP contribution < -0.4 is 5.32 Å². The molecule has 1 aromatic rings. The molecule has 1 heteroatoms. The third kappa shape index (κ3) is 5.14. The number of hydrogen-bond donors (Lipinski definition) is 1. The van der Waals surface area contributed by atoms with E-state index >= 15 is 0 Å². The van der Waals surface area contributed by atoms with E-state index in [0.29, 0.717) is 6.04 Å². The lowest BCUT2D eigenvalue weighted by Gasteiger charge is -2.26. The Morgan fingerprint density at radius 1 is 1.00 bits per heavy atom. The van der Waals surface area contributed by atoms with Crippen LogP contribution in [0.2, 0.25) is 0 Å². The van der Waals surface area contributed by atoms with E-state index in [4.69, 9.17) is 0 Å². The van der Waals surface area contributed by atoms with Gasteiger partial charge in [0.2, 0.25) is 0 Å². The molecule has 21 heavy (non-hydrogen) atoms. The first-order chi connectivity index (χ1) is 10.3. The molecule has 0 aromatic heterocycles. The van der Waals surface area contributed by atoms with Crippen LogP contribution in [0.5, 0.6) is 0 Å². The van der Waals surface area contributed by atoms with Gasteiger partial charge < -0.3 is 5.32 Å². The van der Waals surface area contributed by atoms with Gasteiger partial charge in [-0.1, -0.05) is 76.6 Å². The minimum Gasteiger partial charge on any atom is -0.310 e. The Hall–Kier alpha value is -0.820. The second-order valence-electron chi connectivity index (χ2n) is 6.61. The van der Waals surface area contributed by atoms with Gasteiger partial charge in [0.25, 0.3) is 0 Å². The van der Waals surface area contributed by atoms with Gasteiger partial charge in [-0.25, -0.2) is 0 Å². The summed E-state index contributed by atoms with van der Waals surface area (Å²) in [4.78, 5) is 0. The number of unbranched alkanes of at least 4 members (excludes halogenated alkanes) is 4. The van der Waals surface area contributed by atoms with Crippen molar-refractivity contribution < 1.29 is 0 Å². The van der Waals surface area contributed by atoms with Crippen molar-refractivity contribution in [3.8, 4) is 0 Å². The van der Waals surface area contributed by atoms with Crippen molar-refractivity contribution in [2.24, 2.45) is 0 Å². The van der Waals surface area contributed by atoms with E-state index in [1.807, 2.05) is 0 Å². The van der Waals surface area contributed by atoms with Gasteiger partial charge in [0, 0.05) is 6.04 Å². The highest BCUT2D eigenvalue weighted by molar-refractivity contribution is 5.28. The van der Waals surface area contributed by atoms with Crippen molar-refractivity contribution in [1.29, 1.82) is 0 Å². The van der Waals surface area contributed by atoms with Crippen molar-refractivity contribution in [3.05, 3.63) is 35.4 Å². The van der Waals surface area contributed by atoms with E-state index < -0.39 is 0 Å². The van der Waals surface area contributed by atoms with E-state index in [2.05, 4.69) is 43.4 Å². The van der Waals surface area contributed by atoms with Crippen LogP contribution in [0.4, 0.5) is 0 Å². The summed E-state index contributed by atoms with van der Waals surface area (Å²) in [7, 11) is 0. The van der Waals surface area contributed by atoms with Crippen molar-refractivity contribution in [1.82, 2.24) is 5.32 Å². The normalized spacial score (nSPS) is 16.7. The second kappa shape index (κ2) is 9.25. The second-order valence-corrected chi connectivity index (χ2v) is 6.61. The lowest BCUT2D eigenvalue weighted by atomic mass is 9.80. The van der Waals surface area contributed by atoms with Crippen LogP contribution in [-0.2, 0) is 0 Å². The summed E-state index contributed by atoms with van der Waals surface area (Å²) in [6.45, 7) is 5.56. The van der Waals surface area contributed by atoms with E-state index in [0.717, 1.165) is 12.5 Å². The molecule has 0 aliphatic heterocycles. The van der Waals surface area contributed by atoms with Crippen molar-refractivity contribution in [2.75, 3.05) is 6.54 Å². The Bertz CT molecular complexity index is 377. The number of rotatable bonds is 10. The molecule has 2 rings (SSSR count). The van der Waals surface area contributed by atoms with Crippen molar-refractivity contribution in [3.63, 3.8) is 0 Å². The van der Waals surface area contributed by atoms with Gasteiger partial charge in [0.15, 0.2) is 0 Å². The fraction of sp³-hybridized carbons (Fsp3) is 0.700. The molecule has 0 radical (unpaired) electrons. The SMILES string of the molecule is CCCCCCCC(NCC)c1ccc(C2CCC2)cc1. The average molecular weight is 287 g/mol. The molecule has 1 nitrogen and oxygen atoms in total. The zero-order chi connectivity index (χ0) is 14.9. The molecule has 1 unspecified atom stereocenters. The molecule has 0 spiro atoms. The molecule has 0 bridgehead atoms. The maximum atomic E-state index is 3.67. The summed E-state index contributed by atoms with van der Waals surface area (Å²) < 4.78 is 0. The average Bonchev–Trinajstić information content (AvgIpc) is 2.45. The van der Waals surface area contributed by atoms with Crippen LogP contribution in [-0.4, -0.2) is 6.54 Å². The molecule has 1 fully saturated rings. The van der Waals surface area contributed by atoms with E-state index in [9.17, 15) is 0 Å². The maximum Gasteiger partial charge on any atom is 0.0320 e. The molecule has 118 valence electrons. The lowest BCUT2D eigenvalue weighted by molar-refractivity contribution is 0.419. The van der Waals surface area contributed by atoms with Crippen LogP contribution in [0, 0.1) is 0 Å². The molecule has 1 aliphatic rings. The summed E-state index contributed by atoms with van der Waals surface area (Å²) in [6, 6.07) is 10.0. The van der Waals surface area contributed by atoms with Crippen LogP contribution in [0.1, 0.15) is 94.7 Å². The standard InChI is InChI=1S/C20H33N/c1-3-5-6-7-8-12-20(21-4-2)19-15-13-18(14-16-19)17-10-9-11-17/h13-17,20-21H,3-12H2,1-2H3. The summed E-state index contributed by atoms with van der Waals surface area (Å²) in [5.74, 6) is 0.852. The maximum absolute atomic E-state index is 3.67. The fourth-order valence-electron chi connectivity index (χ4n) is 3.33. The molecule has 0 heterocycles. The van der Waals surface area contributed by atoms with Gasteiger partial charge in [-0.2, -0.15) is 0 Å². The molecule has 0 saturated heterocycles. The summed E-state index contributed by atoms with van der Waals surface area (Å²) in [5.41, 5.74) is 3.04. The monoisotopic (exact) mass is 287 g/mol. The molecule has 1 aliphatic carbocycles. The van der Waals surface area contributed by atoms with Gasteiger partial charge in [-0.05, 0) is 42.9 Å². The third-order valence-corrected chi connectivity index (χ3v) is 4.96. The van der Waals surface area contributed by atoms with Crippen LogP contribution >= 0.6 is 0 Å². The topological polar surface area (TPSA) is 12.0 Å². The predicted molar refractivity (Wildman–Crippen MR) is 92.8 cm³/mol. The zero-order valence-electron chi connectivity index (χ0n) is 14.0. The highest BCUT2D eigenvalue weighted by atomic mass is 14.9. The third-order valence-electron chi connectivity index (χ3n) is 4.96. The number of benzene rings is 1. The fourth-order valence-corrected chi connectivity index (χ4v) is 3.33. The first-order valence-corrected chi connectivity index (χ1v) is 9.18. The van der Waals surface area contributed by atoms with E-state index in [1.54, 1.807) is 5.56 Å². The Balaban J connectivity index is 1.84. The molecule has 1 aromatic carbocycles. The minimum atomic E-state index is 0.548. The summed E-state index contributed by atoms with van der Waals surface area (Å²) in [5, 5.41) is 3.67. The molecule has 1 N–H and O–H groups in total. The largest absolute Gasteiger partial charge is 0.310 e. The first-order valence-electron chi connectivity index (χ1n) is 9.18. The predicted octanol–water partition coefficient (Wildman–Crippen LogP) is 5.97. The Morgan fingerprint density at radius 3 is 2.29 bits per heavy atom. The van der Waals surface area contributed by atoms with Gasteiger partial charge in [0.1, 0.15) is 0 Å². The first kappa shape index (κ1) is 16.5. The highest BCUT2D eigenvalue weighted by Crippen LogP contribution is 2.36. The Morgan fingerprint density at radius 2 is 1.71 bits per heavy atom. The van der Waals surface area contributed by atoms with Crippen molar-refractivity contribution in [2.45, 2.75) is 83.6 Å². The van der Waals surface area contributed by atoms with Crippen molar-refractivity contribution >= 4 is 0 Å². The lowest BCUT2D eigenvalue weighted by Crippen LogP contribution is -2.21. The minimum absolute atomic E-state index is 0.548. The van der Waals surface area contributed by atoms with Crippen LogP contribution in [0.3, 0.4) is 0 Å². The molecule has 1 atom stereocenters. The summed E-state index contributed by atoms with van der Waals surface area (Å²) >= 11 is 0. The smallest absolute Gasteiger partial charge is 0.0320 e. The van der Waals surface area contributed by atoms with E-state index in [-0.39, 0.29) is 0 Å². The van der Waals surface area contributed by atoms with Gasteiger partial charge in [-0.15, -0.1) is 0 Å².